The molecule has 0 saturated carbocycles. The fourth-order valence-electron chi connectivity index (χ4n) is 4.61. The molecule has 12 N–H and O–H groups in total. The monoisotopic (exact) mass is 732 g/mol. The van der Waals surface area contributed by atoms with Crippen LogP contribution in [0.25, 0.3) is 0 Å². The van der Waals surface area contributed by atoms with Crippen LogP contribution in [-0.4, -0.2) is 174 Å². The van der Waals surface area contributed by atoms with Crippen LogP contribution >= 0.6 is 12.6 Å². The molecule has 0 aromatic rings. The maximum atomic E-state index is 12.6. The maximum absolute atomic E-state index is 12.6. The van der Waals surface area contributed by atoms with E-state index in [0.717, 1.165) is 0 Å². The van der Waals surface area contributed by atoms with Gasteiger partial charge in [0, 0.05) is 163 Å². The number of carbonyl (C=O) groups excluding carboxylic acids is 6. The molecule has 50 heavy (non-hydrogen) atoms. The second kappa shape index (κ2) is 31.9. The minimum absolute atomic E-state index is 0.105. The molecule has 0 heterocycles. The van der Waals surface area contributed by atoms with Crippen LogP contribution < -0.4 is 49.1 Å². The topological polar surface area (TPSA) is 262 Å². The summed E-state index contributed by atoms with van der Waals surface area (Å²) in [4.78, 5) is 79.0. The van der Waals surface area contributed by atoms with Crippen molar-refractivity contribution < 1.29 is 28.8 Å². The molecule has 0 aromatic carbocycles. The van der Waals surface area contributed by atoms with Crippen LogP contribution in [0.1, 0.15) is 38.5 Å². The van der Waals surface area contributed by atoms with Gasteiger partial charge in [0.05, 0.1) is 0 Å². The minimum atomic E-state index is -0.145. The summed E-state index contributed by atoms with van der Waals surface area (Å²) in [6.07, 6.45) is 1.50. The first-order valence-electron chi connectivity index (χ1n) is 17.5. The van der Waals surface area contributed by atoms with E-state index >= 15 is 0 Å². The Morgan fingerprint density at radius 1 is 0.420 bits per heavy atom. The molecule has 0 aliphatic heterocycles. The van der Waals surface area contributed by atoms with Crippen LogP contribution in [0.3, 0.4) is 0 Å². The number of amides is 6. The molecule has 6 amide bonds. The normalized spacial score (nSPS) is 11.0. The minimum Gasteiger partial charge on any atom is -0.359 e. The van der Waals surface area contributed by atoms with Crippen molar-refractivity contribution in [1.29, 1.82) is 0 Å². The molecule has 0 aliphatic carbocycles. The van der Waals surface area contributed by atoms with Crippen LogP contribution in [0.5, 0.6) is 0 Å². The fourth-order valence-corrected chi connectivity index (χ4v) is 4.90. The predicted molar refractivity (Wildman–Crippen MR) is 197 cm³/mol. The van der Waals surface area contributed by atoms with E-state index in [0.29, 0.717) is 117 Å². The highest BCUT2D eigenvalue weighted by Gasteiger charge is 2.15. The Bertz CT molecular complexity index is 956. The van der Waals surface area contributed by atoms with Gasteiger partial charge in [-0.2, -0.15) is 12.6 Å². The van der Waals surface area contributed by atoms with Gasteiger partial charge < -0.3 is 63.8 Å². The smallest absolute Gasteiger partial charge is 0.221 e. The number of hydrogen-bond acceptors (Lipinski definition) is 13. The van der Waals surface area contributed by atoms with Gasteiger partial charge in [-0.15, -0.1) is 0 Å². The quantitative estimate of drug-likeness (QED) is 0.0293. The standard InChI is InChI=1S/C31H64N12O6S/c1-35-26(44)2-16-41(17-3-27(45)36-11-8-32)22-14-39-30(48)6-20-43(24-25-50)21-7-31(49)40-15-23-42(18-4-28(46)37-12-9-33)19-5-29(47)38-13-10-34/h50H,2-25,32-34H2,1H3,(H,35,44)(H,36,45)(H,37,46)(H,38,47)(H,39,48)(H,40,49). The lowest BCUT2D eigenvalue weighted by molar-refractivity contribution is -0.123. The van der Waals surface area contributed by atoms with E-state index in [4.69, 9.17) is 17.2 Å². The van der Waals surface area contributed by atoms with Crippen molar-refractivity contribution in [1.82, 2.24) is 46.6 Å². The predicted octanol–water partition coefficient (Wildman–Crippen LogP) is -4.63. The lowest BCUT2D eigenvalue weighted by Gasteiger charge is -2.23. The summed E-state index contributed by atoms with van der Waals surface area (Å²) in [6, 6.07) is 0. The largest absolute Gasteiger partial charge is 0.359 e. The van der Waals surface area contributed by atoms with Crippen LogP contribution in [-0.2, 0) is 28.8 Å². The van der Waals surface area contributed by atoms with Gasteiger partial charge >= 0.3 is 0 Å². The Hall–Kier alpha value is -3.07. The van der Waals surface area contributed by atoms with Crippen molar-refractivity contribution in [2.75, 3.05) is 124 Å². The Morgan fingerprint density at radius 2 is 0.680 bits per heavy atom. The number of rotatable bonds is 32. The molecule has 0 bridgehead atoms. The second-order valence-corrected chi connectivity index (χ2v) is 12.0. The van der Waals surface area contributed by atoms with E-state index < -0.39 is 0 Å². The fraction of sp³-hybridized carbons (Fsp3) is 0.806. The van der Waals surface area contributed by atoms with Crippen molar-refractivity contribution in [3.8, 4) is 0 Å². The van der Waals surface area contributed by atoms with Crippen molar-refractivity contribution in [2.24, 2.45) is 17.2 Å². The second-order valence-electron chi connectivity index (χ2n) is 11.5. The molecule has 0 unspecified atom stereocenters. The number of nitrogens with zero attached hydrogens (tertiary/aromatic N) is 3. The summed E-state index contributed by atoms with van der Waals surface area (Å²) in [7, 11) is 1.57. The van der Waals surface area contributed by atoms with Gasteiger partial charge in [0.15, 0.2) is 0 Å². The van der Waals surface area contributed by atoms with Gasteiger partial charge in [-0.25, -0.2) is 0 Å². The molecule has 290 valence electrons. The highest BCUT2D eigenvalue weighted by atomic mass is 32.1. The van der Waals surface area contributed by atoms with Gasteiger partial charge in [-0.1, -0.05) is 0 Å². The summed E-state index contributed by atoms with van der Waals surface area (Å²) in [6.45, 7) is 7.15. The first-order chi connectivity index (χ1) is 24.1. The molecular weight excluding hydrogens is 668 g/mol. The maximum Gasteiger partial charge on any atom is 0.221 e. The van der Waals surface area contributed by atoms with Crippen molar-refractivity contribution in [2.45, 2.75) is 38.5 Å². The number of carbonyl (C=O) groups is 6. The molecule has 0 rings (SSSR count). The van der Waals surface area contributed by atoms with Crippen molar-refractivity contribution in [3.63, 3.8) is 0 Å². The summed E-state index contributed by atoms with van der Waals surface area (Å²) in [5, 5.41) is 16.6. The van der Waals surface area contributed by atoms with Crippen molar-refractivity contribution >= 4 is 48.1 Å². The number of nitrogens with one attached hydrogen (secondary N) is 6. The van der Waals surface area contributed by atoms with Gasteiger partial charge in [0.2, 0.25) is 35.4 Å². The highest BCUT2D eigenvalue weighted by Crippen LogP contribution is 1.99. The lowest BCUT2D eigenvalue weighted by atomic mass is 10.3. The lowest BCUT2D eigenvalue weighted by Crippen LogP contribution is -2.41. The molecule has 0 spiro atoms. The van der Waals surface area contributed by atoms with E-state index in [1.54, 1.807) is 7.05 Å². The number of hydrogen-bond donors (Lipinski definition) is 10. The first-order valence-corrected chi connectivity index (χ1v) is 18.1. The molecular formula is C31H64N12O6S. The van der Waals surface area contributed by atoms with E-state index in [1.165, 1.54) is 0 Å². The van der Waals surface area contributed by atoms with Gasteiger partial charge in [-0.3, -0.25) is 28.8 Å². The van der Waals surface area contributed by atoms with Gasteiger partial charge in [0.25, 0.3) is 0 Å². The molecule has 0 fully saturated rings. The van der Waals surface area contributed by atoms with Crippen LogP contribution in [0.4, 0.5) is 0 Å². The highest BCUT2D eigenvalue weighted by molar-refractivity contribution is 7.80. The van der Waals surface area contributed by atoms with Crippen LogP contribution in [0, 0.1) is 0 Å². The summed E-state index contributed by atoms with van der Waals surface area (Å²) in [5.74, 6) is -0.205. The third-order valence-corrected chi connectivity index (χ3v) is 7.73. The van der Waals surface area contributed by atoms with E-state index in [-0.39, 0.29) is 74.0 Å². The Kier molecular flexibility index (Phi) is 29.9. The Morgan fingerprint density at radius 3 is 0.940 bits per heavy atom. The third kappa shape index (κ3) is 27.7. The SMILES string of the molecule is CNC(=O)CCN(CCNC(=O)CCN(CCS)CCC(=O)NCCN(CCC(=O)NCCN)CCC(=O)NCCN)CCC(=O)NCCN. The summed E-state index contributed by atoms with van der Waals surface area (Å²) in [5.41, 5.74) is 16.3. The van der Waals surface area contributed by atoms with E-state index in [9.17, 15) is 28.8 Å². The zero-order chi connectivity index (χ0) is 37.4. The first kappa shape index (κ1) is 46.9. The zero-order valence-corrected chi connectivity index (χ0v) is 30.8. The van der Waals surface area contributed by atoms with E-state index in [2.05, 4.69) is 44.5 Å². The van der Waals surface area contributed by atoms with Gasteiger partial charge in [0.1, 0.15) is 0 Å². The van der Waals surface area contributed by atoms with E-state index in [1.807, 2.05) is 14.7 Å². The number of thiol groups is 1. The Balaban J connectivity index is 4.69. The molecule has 0 radical (unpaired) electrons. The molecule has 0 aromatic heterocycles. The Labute approximate surface area is 302 Å². The molecule has 0 saturated heterocycles. The van der Waals surface area contributed by atoms with Crippen LogP contribution in [0.2, 0.25) is 0 Å². The van der Waals surface area contributed by atoms with Gasteiger partial charge in [-0.05, 0) is 0 Å². The zero-order valence-electron chi connectivity index (χ0n) is 29.9. The molecule has 0 atom stereocenters. The average Bonchev–Trinajstić information content (AvgIpc) is 3.11. The van der Waals surface area contributed by atoms with Crippen molar-refractivity contribution in [3.05, 3.63) is 0 Å². The summed E-state index contributed by atoms with van der Waals surface area (Å²) < 4.78 is 0. The summed E-state index contributed by atoms with van der Waals surface area (Å²) >= 11 is 4.32. The molecule has 19 heteroatoms. The molecule has 0 aliphatic rings. The average molecular weight is 733 g/mol. The third-order valence-electron chi connectivity index (χ3n) is 7.53. The number of nitrogens with two attached hydrogens (primary N) is 3. The van der Waals surface area contributed by atoms with Crippen LogP contribution in [0.15, 0.2) is 0 Å². The molecule has 18 nitrogen and oxygen atoms in total.